The molecule has 0 spiro atoms. The maximum atomic E-state index is 12.9. The molecule has 0 fully saturated rings. The standard InChI is InChI=1S/C28H25NO5S/c1-4-33-22-15-14-18-11-7-9-13-20(18)21(22)16-23-25(30)24(28(32)34-5-2)27(35-23)29-26(31)19-12-8-6-10-17(19)3/h6-16,30H,4-5H2,1-3H3/b23-16-,29-27?. The second-order valence-electron chi connectivity index (χ2n) is 7.72. The van der Waals surface area contributed by atoms with Gasteiger partial charge in [-0.3, -0.25) is 4.79 Å². The molecule has 0 aliphatic carbocycles. The normalized spacial score (nSPS) is 15.7. The van der Waals surface area contributed by atoms with Crippen LogP contribution in [-0.4, -0.2) is 35.2 Å². The second kappa shape index (κ2) is 10.6. The summed E-state index contributed by atoms with van der Waals surface area (Å²) in [5, 5.41) is 13.1. The third-order valence-corrected chi connectivity index (χ3v) is 6.47. The molecule has 0 bridgehead atoms. The van der Waals surface area contributed by atoms with Crippen molar-refractivity contribution < 1.29 is 24.2 Å². The first-order valence-electron chi connectivity index (χ1n) is 11.3. The minimum Gasteiger partial charge on any atom is -0.506 e. The molecular weight excluding hydrogens is 462 g/mol. The van der Waals surface area contributed by atoms with Gasteiger partial charge in [0, 0.05) is 11.1 Å². The summed E-state index contributed by atoms with van der Waals surface area (Å²) in [6.07, 6.45) is 1.76. The van der Waals surface area contributed by atoms with E-state index in [1.807, 2.05) is 62.4 Å². The van der Waals surface area contributed by atoms with Crippen molar-refractivity contribution in [3.8, 4) is 5.75 Å². The van der Waals surface area contributed by atoms with Crippen LogP contribution in [0, 0.1) is 6.92 Å². The van der Waals surface area contributed by atoms with E-state index in [0.717, 1.165) is 33.7 Å². The van der Waals surface area contributed by atoms with Crippen LogP contribution in [0.3, 0.4) is 0 Å². The van der Waals surface area contributed by atoms with Crippen LogP contribution in [-0.2, 0) is 9.53 Å². The lowest BCUT2D eigenvalue weighted by atomic mass is 10.0. The summed E-state index contributed by atoms with van der Waals surface area (Å²) in [4.78, 5) is 30.3. The van der Waals surface area contributed by atoms with E-state index in [1.165, 1.54) is 0 Å². The van der Waals surface area contributed by atoms with Crippen molar-refractivity contribution in [2.75, 3.05) is 13.2 Å². The van der Waals surface area contributed by atoms with Gasteiger partial charge < -0.3 is 14.6 Å². The lowest BCUT2D eigenvalue weighted by Gasteiger charge is -2.11. The van der Waals surface area contributed by atoms with E-state index in [4.69, 9.17) is 9.47 Å². The fourth-order valence-electron chi connectivity index (χ4n) is 3.79. The van der Waals surface area contributed by atoms with Gasteiger partial charge in [0.1, 0.15) is 22.1 Å². The number of aliphatic hydroxyl groups excluding tert-OH is 1. The number of carbonyl (C=O) groups is 2. The Bertz CT molecular complexity index is 1400. The summed E-state index contributed by atoms with van der Waals surface area (Å²) < 4.78 is 11.0. The van der Waals surface area contributed by atoms with Crippen LogP contribution in [0.25, 0.3) is 16.8 Å². The first kappa shape index (κ1) is 24.3. The molecule has 1 N–H and O–H groups in total. The Hall–Kier alpha value is -3.84. The van der Waals surface area contributed by atoms with E-state index in [1.54, 1.807) is 25.1 Å². The van der Waals surface area contributed by atoms with E-state index in [-0.39, 0.29) is 23.0 Å². The van der Waals surface area contributed by atoms with Crippen molar-refractivity contribution in [2.45, 2.75) is 20.8 Å². The number of esters is 1. The number of nitrogens with zero attached hydrogens (tertiary/aromatic N) is 1. The van der Waals surface area contributed by atoms with Crippen molar-refractivity contribution >= 4 is 45.5 Å². The van der Waals surface area contributed by atoms with Gasteiger partial charge in [-0.2, -0.15) is 0 Å². The fourth-order valence-corrected chi connectivity index (χ4v) is 4.79. The van der Waals surface area contributed by atoms with Crippen LogP contribution in [0.1, 0.15) is 35.3 Å². The minimum atomic E-state index is -0.736. The van der Waals surface area contributed by atoms with Gasteiger partial charge in [-0.25, -0.2) is 9.79 Å². The van der Waals surface area contributed by atoms with E-state index in [0.29, 0.717) is 22.8 Å². The Balaban J connectivity index is 1.84. The number of aryl methyl sites for hydroxylation is 1. The Morgan fingerprint density at radius 3 is 2.49 bits per heavy atom. The van der Waals surface area contributed by atoms with E-state index < -0.39 is 11.9 Å². The van der Waals surface area contributed by atoms with Crippen LogP contribution in [0.15, 0.2) is 81.9 Å². The van der Waals surface area contributed by atoms with Crippen LogP contribution < -0.4 is 4.74 Å². The van der Waals surface area contributed by atoms with Crippen LogP contribution in [0.2, 0.25) is 0 Å². The average molecular weight is 488 g/mol. The number of aliphatic imine (C=N–C) groups is 1. The van der Waals surface area contributed by atoms with Gasteiger partial charge in [0.15, 0.2) is 0 Å². The molecule has 0 unspecified atom stereocenters. The molecular formula is C28H25NO5S. The molecule has 0 atom stereocenters. The zero-order chi connectivity index (χ0) is 24.9. The zero-order valence-electron chi connectivity index (χ0n) is 19.7. The minimum absolute atomic E-state index is 0.0960. The number of benzene rings is 3. The van der Waals surface area contributed by atoms with Gasteiger partial charge >= 0.3 is 5.97 Å². The number of amides is 1. The van der Waals surface area contributed by atoms with Gasteiger partial charge in [-0.15, -0.1) is 0 Å². The first-order chi connectivity index (χ1) is 16.9. The van der Waals surface area contributed by atoms with Crippen LogP contribution >= 0.6 is 11.8 Å². The van der Waals surface area contributed by atoms with Gasteiger partial charge in [-0.05, 0) is 55.3 Å². The Morgan fingerprint density at radius 2 is 1.74 bits per heavy atom. The first-order valence-corrected chi connectivity index (χ1v) is 12.1. The van der Waals surface area contributed by atoms with Crippen molar-refractivity contribution in [3.05, 3.63) is 93.6 Å². The van der Waals surface area contributed by atoms with E-state index in [9.17, 15) is 14.7 Å². The maximum absolute atomic E-state index is 12.9. The average Bonchev–Trinajstić information content (AvgIpc) is 3.15. The summed E-state index contributed by atoms with van der Waals surface area (Å²) in [5.74, 6) is -0.867. The number of carbonyl (C=O) groups excluding carboxylic acids is 2. The molecule has 6 nitrogen and oxygen atoms in total. The molecule has 0 radical (unpaired) electrons. The number of hydrogen-bond donors (Lipinski definition) is 1. The van der Waals surface area contributed by atoms with E-state index >= 15 is 0 Å². The van der Waals surface area contributed by atoms with Crippen molar-refractivity contribution in [1.29, 1.82) is 0 Å². The fraction of sp³-hybridized carbons (Fsp3) is 0.179. The molecule has 3 aromatic carbocycles. The topological polar surface area (TPSA) is 85.2 Å². The number of fused-ring (bicyclic) bond motifs is 1. The second-order valence-corrected chi connectivity index (χ2v) is 8.75. The molecule has 0 saturated carbocycles. The third kappa shape index (κ3) is 5.00. The summed E-state index contributed by atoms with van der Waals surface area (Å²) in [6, 6.07) is 18.8. The highest BCUT2D eigenvalue weighted by molar-refractivity contribution is 8.18. The predicted octanol–water partition coefficient (Wildman–Crippen LogP) is 6.25. The molecule has 3 aromatic rings. The Morgan fingerprint density at radius 1 is 1.00 bits per heavy atom. The number of hydrogen-bond acceptors (Lipinski definition) is 6. The SMILES string of the molecule is CCOC(=O)C1=C(O)/C(=C/c2c(OCC)ccc3ccccc23)SC1=NC(=O)c1ccccc1C. The lowest BCUT2D eigenvalue weighted by molar-refractivity contribution is -0.138. The molecule has 1 aliphatic heterocycles. The molecule has 0 saturated heterocycles. The van der Waals surface area contributed by atoms with Gasteiger partial charge in [0.25, 0.3) is 5.91 Å². The molecule has 1 heterocycles. The number of aliphatic hydroxyl groups is 1. The van der Waals surface area contributed by atoms with Gasteiger partial charge in [0.05, 0.1) is 18.1 Å². The summed E-state index contributed by atoms with van der Waals surface area (Å²) in [5.41, 5.74) is 1.83. The molecule has 35 heavy (non-hydrogen) atoms. The zero-order valence-corrected chi connectivity index (χ0v) is 20.5. The van der Waals surface area contributed by atoms with E-state index in [2.05, 4.69) is 4.99 Å². The van der Waals surface area contributed by atoms with Crippen LogP contribution in [0.5, 0.6) is 5.75 Å². The highest BCUT2D eigenvalue weighted by Crippen LogP contribution is 2.41. The third-order valence-electron chi connectivity index (χ3n) is 5.45. The van der Waals surface area contributed by atoms with Crippen molar-refractivity contribution in [2.24, 2.45) is 4.99 Å². The summed E-state index contributed by atoms with van der Waals surface area (Å²) in [7, 11) is 0. The molecule has 0 aromatic heterocycles. The van der Waals surface area contributed by atoms with Crippen LogP contribution in [0.4, 0.5) is 0 Å². The molecule has 178 valence electrons. The summed E-state index contributed by atoms with van der Waals surface area (Å²) >= 11 is 1.05. The number of ether oxygens (including phenoxy) is 2. The molecule has 4 rings (SSSR count). The lowest BCUT2D eigenvalue weighted by Crippen LogP contribution is -2.14. The maximum Gasteiger partial charge on any atom is 0.344 e. The smallest absolute Gasteiger partial charge is 0.344 e. The Labute approximate surface area is 208 Å². The highest BCUT2D eigenvalue weighted by Gasteiger charge is 2.34. The highest BCUT2D eigenvalue weighted by atomic mass is 32.2. The molecule has 1 amide bonds. The largest absolute Gasteiger partial charge is 0.506 e. The Kier molecular flexibility index (Phi) is 7.36. The summed E-state index contributed by atoms with van der Waals surface area (Å²) in [6.45, 7) is 5.98. The monoisotopic (exact) mass is 487 g/mol. The van der Waals surface area contributed by atoms with Gasteiger partial charge in [0.2, 0.25) is 0 Å². The number of thioether (sulfide) groups is 1. The molecule has 1 aliphatic rings. The quantitative estimate of drug-likeness (QED) is 0.414. The van der Waals surface area contributed by atoms with Gasteiger partial charge in [-0.1, -0.05) is 60.3 Å². The van der Waals surface area contributed by atoms with Crippen molar-refractivity contribution in [3.63, 3.8) is 0 Å². The predicted molar refractivity (Wildman–Crippen MR) is 140 cm³/mol. The van der Waals surface area contributed by atoms with Crippen molar-refractivity contribution in [1.82, 2.24) is 0 Å². The number of rotatable bonds is 6. The molecule has 7 heteroatoms.